The van der Waals surface area contributed by atoms with E-state index in [0.717, 1.165) is 24.0 Å². The Bertz CT molecular complexity index is 1060. The molecule has 0 aromatic heterocycles. The first-order valence-corrected chi connectivity index (χ1v) is 14.1. The van der Waals surface area contributed by atoms with Gasteiger partial charge in [-0.15, -0.1) is 0 Å². The smallest absolute Gasteiger partial charge is 0.242 e. The summed E-state index contributed by atoms with van der Waals surface area (Å²) in [5.74, 6) is -0.382. The molecule has 0 spiro atoms. The van der Waals surface area contributed by atoms with Crippen LogP contribution in [0.5, 0.6) is 0 Å². The van der Waals surface area contributed by atoms with Crippen molar-refractivity contribution in [3.8, 4) is 0 Å². The molecule has 2 amide bonds. The van der Waals surface area contributed by atoms with E-state index in [2.05, 4.69) is 5.32 Å². The van der Waals surface area contributed by atoms with Crippen molar-refractivity contribution in [2.75, 3.05) is 17.1 Å². The van der Waals surface area contributed by atoms with Gasteiger partial charge in [-0.05, 0) is 56.4 Å². The van der Waals surface area contributed by atoms with Gasteiger partial charge >= 0.3 is 0 Å². The third-order valence-corrected chi connectivity index (χ3v) is 7.34. The second-order valence-corrected chi connectivity index (χ2v) is 10.9. The molecule has 35 heavy (non-hydrogen) atoms. The molecule has 1 N–H and O–H groups in total. The summed E-state index contributed by atoms with van der Waals surface area (Å²) in [7, 11) is -3.51. The van der Waals surface area contributed by atoms with E-state index in [4.69, 9.17) is 0 Å². The molecule has 0 aliphatic carbocycles. The van der Waals surface area contributed by atoms with Crippen LogP contribution < -0.4 is 9.62 Å². The SMILES string of the molecule is CCc1ccc(N(CCCC(=O)N(Cc2ccccc2)[C@@H](C)C(=O)N[C@H](C)CC)S(C)(=O)=O)cc1. The fraction of sp³-hybridized carbons (Fsp3) is 0.481. The van der Waals surface area contributed by atoms with Gasteiger partial charge in [0.25, 0.3) is 0 Å². The van der Waals surface area contributed by atoms with Crippen LogP contribution in [0.15, 0.2) is 54.6 Å². The lowest BCUT2D eigenvalue weighted by molar-refractivity contribution is -0.140. The van der Waals surface area contributed by atoms with Gasteiger partial charge in [0.15, 0.2) is 0 Å². The van der Waals surface area contributed by atoms with Crippen molar-refractivity contribution in [1.82, 2.24) is 10.2 Å². The molecule has 0 aliphatic heterocycles. The van der Waals surface area contributed by atoms with Crippen molar-refractivity contribution in [3.05, 3.63) is 65.7 Å². The molecule has 0 bridgehead atoms. The maximum absolute atomic E-state index is 13.3. The van der Waals surface area contributed by atoms with Gasteiger partial charge < -0.3 is 10.2 Å². The standard InChI is InChI=1S/C27H39N3O4S/c1-6-21(3)28-27(32)22(4)29(20-24-12-9-8-10-13-24)26(31)14-11-19-30(35(5,33)34)25-17-15-23(7-2)16-18-25/h8-10,12-13,15-18,21-22H,6-7,11,14,19-20H2,1-5H3,(H,28,32)/t21-,22+/m1/s1. The third-order valence-electron chi connectivity index (χ3n) is 6.15. The van der Waals surface area contributed by atoms with E-state index in [9.17, 15) is 18.0 Å². The first-order chi connectivity index (χ1) is 16.6. The fourth-order valence-corrected chi connectivity index (χ4v) is 4.70. The van der Waals surface area contributed by atoms with E-state index in [-0.39, 0.29) is 30.8 Å². The highest BCUT2D eigenvalue weighted by Crippen LogP contribution is 2.20. The Kier molecular flexibility index (Phi) is 10.8. The molecule has 0 saturated heterocycles. The second kappa shape index (κ2) is 13.3. The molecular weight excluding hydrogens is 462 g/mol. The number of sulfonamides is 1. The Morgan fingerprint density at radius 3 is 2.11 bits per heavy atom. The number of nitrogens with one attached hydrogen (secondary N) is 1. The summed E-state index contributed by atoms with van der Waals surface area (Å²) in [6, 6.07) is 16.3. The van der Waals surface area contributed by atoms with Gasteiger partial charge in [-0.1, -0.05) is 56.3 Å². The van der Waals surface area contributed by atoms with Crippen LogP contribution in [0.4, 0.5) is 5.69 Å². The predicted octanol–water partition coefficient (Wildman–Crippen LogP) is 4.13. The summed E-state index contributed by atoms with van der Waals surface area (Å²) in [4.78, 5) is 27.7. The molecule has 0 unspecified atom stereocenters. The predicted molar refractivity (Wildman–Crippen MR) is 142 cm³/mol. The highest BCUT2D eigenvalue weighted by atomic mass is 32.2. The maximum atomic E-state index is 13.3. The number of hydrogen-bond donors (Lipinski definition) is 1. The molecule has 0 aliphatic rings. The molecule has 0 heterocycles. The molecular formula is C27H39N3O4S. The van der Waals surface area contributed by atoms with Gasteiger partial charge in [0.1, 0.15) is 6.04 Å². The molecule has 2 aromatic rings. The van der Waals surface area contributed by atoms with E-state index in [1.54, 1.807) is 24.0 Å². The van der Waals surface area contributed by atoms with E-state index in [0.29, 0.717) is 18.7 Å². The summed E-state index contributed by atoms with van der Waals surface area (Å²) in [5, 5.41) is 2.96. The number of anilines is 1. The number of amides is 2. The van der Waals surface area contributed by atoms with E-state index >= 15 is 0 Å². The Morgan fingerprint density at radius 2 is 1.57 bits per heavy atom. The van der Waals surface area contributed by atoms with Crippen molar-refractivity contribution in [2.24, 2.45) is 0 Å². The average Bonchev–Trinajstić information content (AvgIpc) is 2.84. The zero-order valence-electron chi connectivity index (χ0n) is 21.5. The molecule has 2 atom stereocenters. The highest BCUT2D eigenvalue weighted by molar-refractivity contribution is 7.92. The first kappa shape index (κ1) is 28.4. The number of aryl methyl sites for hydroxylation is 1. The number of carbonyl (C=O) groups excluding carboxylic acids is 2. The maximum Gasteiger partial charge on any atom is 0.242 e. The number of hydrogen-bond acceptors (Lipinski definition) is 4. The van der Waals surface area contributed by atoms with Crippen molar-refractivity contribution >= 4 is 27.5 Å². The van der Waals surface area contributed by atoms with Crippen LogP contribution >= 0.6 is 0 Å². The van der Waals surface area contributed by atoms with Crippen LogP contribution in [-0.2, 0) is 32.6 Å². The normalized spacial score (nSPS) is 13.1. The largest absolute Gasteiger partial charge is 0.352 e. The van der Waals surface area contributed by atoms with E-state index < -0.39 is 16.1 Å². The molecule has 8 heteroatoms. The number of benzene rings is 2. The van der Waals surface area contributed by atoms with Crippen molar-refractivity contribution in [1.29, 1.82) is 0 Å². The van der Waals surface area contributed by atoms with Crippen LogP contribution in [-0.4, -0.2) is 50.0 Å². The quantitative estimate of drug-likeness (QED) is 0.447. The molecule has 2 aromatic carbocycles. The average molecular weight is 502 g/mol. The molecule has 7 nitrogen and oxygen atoms in total. The van der Waals surface area contributed by atoms with Gasteiger partial charge in [0.05, 0.1) is 11.9 Å². The number of nitrogens with zero attached hydrogens (tertiary/aromatic N) is 2. The summed E-state index contributed by atoms with van der Waals surface area (Å²) in [5.41, 5.74) is 2.64. The third kappa shape index (κ3) is 8.69. The van der Waals surface area contributed by atoms with Crippen LogP contribution in [0.1, 0.15) is 58.1 Å². The zero-order chi connectivity index (χ0) is 26.0. The topological polar surface area (TPSA) is 86.8 Å². The van der Waals surface area contributed by atoms with E-state index in [1.165, 1.54) is 10.6 Å². The van der Waals surface area contributed by atoms with Gasteiger partial charge in [-0.25, -0.2) is 8.42 Å². The molecule has 192 valence electrons. The molecule has 0 saturated carbocycles. The lowest BCUT2D eigenvalue weighted by atomic mass is 10.1. The summed E-state index contributed by atoms with van der Waals surface area (Å²) in [6.07, 6.45) is 3.31. The van der Waals surface area contributed by atoms with Crippen molar-refractivity contribution < 1.29 is 18.0 Å². The number of rotatable bonds is 13. The number of carbonyl (C=O) groups is 2. The first-order valence-electron chi connectivity index (χ1n) is 12.3. The minimum absolute atomic E-state index is 0.0149. The van der Waals surface area contributed by atoms with Gasteiger partial charge in [-0.2, -0.15) is 0 Å². The molecule has 0 fully saturated rings. The fourth-order valence-electron chi connectivity index (χ4n) is 3.73. The minimum atomic E-state index is -3.51. The molecule has 0 radical (unpaired) electrons. The van der Waals surface area contributed by atoms with Crippen LogP contribution in [0.3, 0.4) is 0 Å². The van der Waals surface area contributed by atoms with Crippen LogP contribution in [0.2, 0.25) is 0 Å². The Labute approximate surface area is 210 Å². The Morgan fingerprint density at radius 1 is 0.943 bits per heavy atom. The van der Waals surface area contributed by atoms with Gasteiger partial charge in [-0.3, -0.25) is 13.9 Å². The van der Waals surface area contributed by atoms with Gasteiger partial charge in [0, 0.05) is 25.6 Å². The second-order valence-electron chi connectivity index (χ2n) is 8.96. The summed E-state index contributed by atoms with van der Waals surface area (Å²) in [6.45, 7) is 8.19. The molecule has 2 rings (SSSR count). The summed E-state index contributed by atoms with van der Waals surface area (Å²) >= 11 is 0. The zero-order valence-corrected chi connectivity index (χ0v) is 22.3. The highest BCUT2D eigenvalue weighted by Gasteiger charge is 2.27. The van der Waals surface area contributed by atoms with Crippen LogP contribution in [0, 0.1) is 0 Å². The van der Waals surface area contributed by atoms with Crippen molar-refractivity contribution in [3.63, 3.8) is 0 Å². The summed E-state index contributed by atoms with van der Waals surface area (Å²) < 4.78 is 26.2. The Balaban J connectivity index is 2.13. The van der Waals surface area contributed by atoms with Crippen molar-refractivity contribution in [2.45, 2.75) is 72.0 Å². The van der Waals surface area contributed by atoms with E-state index in [1.807, 2.05) is 63.2 Å². The van der Waals surface area contributed by atoms with Crippen LogP contribution in [0.25, 0.3) is 0 Å². The lowest BCUT2D eigenvalue weighted by Crippen LogP contribution is -2.49. The lowest BCUT2D eigenvalue weighted by Gasteiger charge is -2.30. The van der Waals surface area contributed by atoms with Gasteiger partial charge in [0.2, 0.25) is 21.8 Å². The Hall–Kier alpha value is -2.87. The monoisotopic (exact) mass is 501 g/mol. The minimum Gasteiger partial charge on any atom is -0.352 e.